The van der Waals surface area contributed by atoms with E-state index in [2.05, 4.69) is 24.9 Å². The summed E-state index contributed by atoms with van der Waals surface area (Å²) < 4.78 is 9.61. The van der Waals surface area contributed by atoms with E-state index in [-0.39, 0.29) is 0 Å². The first-order valence-corrected chi connectivity index (χ1v) is 8.04. The fraction of sp³-hybridized carbons (Fsp3) is 0.571. The molecule has 3 heterocycles. The Morgan fingerprint density at radius 3 is 2.61 bits per heavy atom. The summed E-state index contributed by atoms with van der Waals surface area (Å²) in [7, 11) is 1.68. The van der Waals surface area contributed by atoms with Gasteiger partial charge in [-0.2, -0.15) is 5.10 Å². The topological polar surface area (TPSA) is 64.2 Å². The van der Waals surface area contributed by atoms with Crippen LogP contribution in [0.5, 0.6) is 0 Å². The van der Waals surface area contributed by atoms with Gasteiger partial charge in [-0.25, -0.2) is 14.6 Å². The second-order valence-electron chi connectivity index (χ2n) is 5.39. The lowest BCUT2D eigenvalue weighted by Crippen LogP contribution is -2.47. The zero-order valence-electron chi connectivity index (χ0n) is 13.2. The zero-order valence-corrected chi connectivity index (χ0v) is 14.0. The van der Waals surface area contributed by atoms with Crippen LogP contribution < -0.4 is 4.90 Å². The van der Waals surface area contributed by atoms with E-state index in [1.807, 2.05) is 15.3 Å². The molecule has 1 saturated heterocycles. The van der Waals surface area contributed by atoms with Gasteiger partial charge in [-0.3, -0.25) is 4.90 Å². The number of hydrogen-bond acceptors (Lipinski definition) is 7. The van der Waals surface area contributed by atoms with Crippen molar-refractivity contribution in [3.63, 3.8) is 0 Å². The van der Waals surface area contributed by atoms with Gasteiger partial charge in [0.05, 0.1) is 13.3 Å². The first kappa shape index (κ1) is 16.0. The summed E-state index contributed by atoms with van der Waals surface area (Å²) in [5.74, 6) is 0.799. The minimum Gasteiger partial charge on any atom is -0.383 e. The number of rotatable bonds is 6. The quantitative estimate of drug-likeness (QED) is 0.718. The Morgan fingerprint density at radius 1 is 1.17 bits per heavy atom. The lowest BCUT2D eigenvalue weighted by molar-refractivity contribution is 0.183. The van der Waals surface area contributed by atoms with E-state index in [4.69, 9.17) is 17.0 Å². The molecule has 0 aliphatic carbocycles. The minimum absolute atomic E-state index is 0.635. The number of anilines is 1. The maximum atomic E-state index is 5.46. The van der Waals surface area contributed by atoms with Crippen molar-refractivity contribution < 1.29 is 4.74 Å². The maximum Gasteiger partial charge on any atom is 0.225 e. The molecule has 0 atom stereocenters. The highest BCUT2D eigenvalue weighted by molar-refractivity contribution is 7.71. The summed E-state index contributed by atoms with van der Waals surface area (Å²) >= 11 is 5.46. The molecule has 0 spiro atoms. The fourth-order valence-corrected chi connectivity index (χ4v) is 2.79. The van der Waals surface area contributed by atoms with Gasteiger partial charge in [-0.15, -0.1) is 0 Å². The Morgan fingerprint density at radius 2 is 1.91 bits per heavy atom. The molecule has 0 saturated carbocycles. The van der Waals surface area contributed by atoms with Crippen LogP contribution in [-0.4, -0.2) is 69.1 Å². The molecular weight excluding hydrogens is 314 g/mol. The number of hydrogen-bond donors (Lipinski definition) is 0. The summed E-state index contributed by atoms with van der Waals surface area (Å²) in [6.45, 7) is 5.76. The largest absolute Gasteiger partial charge is 0.383 e. The fourth-order valence-electron chi connectivity index (χ4n) is 2.54. The van der Waals surface area contributed by atoms with E-state index in [0.29, 0.717) is 13.3 Å². The normalized spacial score (nSPS) is 16.0. The van der Waals surface area contributed by atoms with Crippen molar-refractivity contribution in [3.05, 3.63) is 29.6 Å². The van der Waals surface area contributed by atoms with Crippen molar-refractivity contribution >= 4 is 18.2 Å². The van der Waals surface area contributed by atoms with Crippen molar-refractivity contribution in [1.29, 1.82) is 0 Å². The molecule has 9 heteroatoms. The number of aromatic nitrogens is 5. The van der Waals surface area contributed by atoms with Crippen molar-refractivity contribution in [2.45, 2.75) is 13.2 Å². The van der Waals surface area contributed by atoms with Crippen molar-refractivity contribution in [1.82, 2.24) is 29.2 Å². The average Bonchev–Trinajstić information content (AvgIpc) is 2.94. The highest BCUT2D eigenvalue weighted by atomic mass is 32.1. The second-order valence-corrected chi connectivity index (χ2v) is 5.76. The maximum absolute atomic E-state index is 5.46. The van der Waals surface area contributed by atoms with Gasteiger partial charge < -0.3 is 14.2 Å². The first-order chi connectivity index (χ1) is 11.3. The molecular formula is C14H21N7OS. The standard InChI is InChI=1S/C14H21N7OS/c1-22-10-9-20-11-17-21(14(20)23)12-18-5-7-19(8-6-18)13-15-3-2-4-16-13/h2-4,11H,5-10,12H2,1H3. The molecule has 3 rings (SSSR count). The third-order valence-electron chi connectivity index (χ3n) is 3.87. The van der Waals surface area contributed by atoms with Crippen LogP contribution in [0.15, 0.2) is 24.8 Å². The average molecular weight is 335 g/mol. The van der Waals surface area contributed by atoms with Crippen molar-refractivity contribution in [2.24, 2.45) is 0 Å². The van der Waals surface area contributed by atoms with Gasteiger partial charge in [0.2, 0.25) is 5.95 Å². The zero-order chi connectivity index (χ0) is 16.1. The molecule has 1 fully saturated rings. The summed E-state index contributed by atoms with van der Waals surface area (Å²) in [5, 5.41) is 4.38. The van der Waals surface area contributed by atoms with Crippen LogP contribution >= 0.6 is 12.2 Å². The van der Waals surface area contributed by atoms with Crippen LogP contribution in [0.2, 0.25) is 0 Å². The smallest absolute Gasteiger partial charge is 0.225 e. The Hall–Kier alpha value is -1.84. The van der Waals surface area contributed by atoms with Crippen LogP contribution in [0.25, 0.3) is 0 Å². The van der Waals surface area contributed by atoms with Crippen LogP contribution in [0.4, 0.5) is 5.95 Å². The van der Waals surface area contributed by atoms with Crippen molar-refractivity contribution in [2.75, 3.05) is 44.8 Å². The second kappa shape index (κ2) is 7.62. The van der Waals surface area contributed by atoms with Gasteiger partial charge in [-0.1, -0.05) is 0 Å². The third-order valence-corrected chi connectivity index (χ3v) is 4.32. The number of ether oxygens (including phenoxy) is 1. The van der Waals surface area contributed by atoms with Gasteiger partial charge >= 0.3 is 0 Å². The summed E-state index contributed by atoms with van der Waals surface area (Å²) in [4.78, 5) is 13.1. The highest BCUT2D eigenvalue weighted by Gasteiger charge is 2.19. The molecule has 0 radical (unpaired) electrons. The molecule has 2 aromatic heterocycles. The number of nitrogens with zero attached hydrogens (tertiary/aromatic N) is 7. The molecule has 124 valence electrons. The van der Waals surface area contributed by atoms with Crippen molar-refractivity contribution in [3.8, 4) is 0 Å². The highest BCUT2D eigenvalue weighted by Crippen LogP contribution is 2.10. The van der Waals surface area contributed by atoms with E-state index in [1.165, 1.54) is 0 Å². The monoisotopic (exact) mass is 335 g/mol. The Bertz CT molecular complexity index is 663. The van der Waals surface area contributed by atoms with E-state index in [0.717, 1.165) is 43.4 Å². The predicted octanol–water partition coefficient (Wildman–Crippen LogP) is 0.630. The van der Waals surface area contributed by atoms with Crippen LogP contribution in [0.1, 0.15) is 0 Å². The summed E-state index contributed by atoms with van der Waals surface area (Å²) in [6.07, 6.45) is 5.33. The Balaban J connectivity index is 1.55. The molecule has 0 N–H and O–H groups in total. The molecule has 0 bridgehead atoms. The van der Waals surface area contributed by atoms with Gasteiger partial charge in [-0.05, 0) is 18.3 Å². The number of piperazine rings is 1. The van der Waals surface area contributed by atoms with E-state index >= 15 is 0 Å². The molecule has 8 nitrogen and oxygen atoms in total. The first-order valence-electron chi connectivity index (χ1n) is 7.63. The molecule has 1 aliphatic heterocycles. The lowest BCUT2D eigenvalue weighted by Gasteiger charge is -2.34. The summed E-state index contributed by atoms with van der Waals surface area (Å²) in [6, 6.07) is 1.83. The van der Waals surface area contributed by atoms with Crippen LogP contribution in [0, 0.1) is 4.77 Å². The van der Waals surface area contributed by atoms with Crippen LogP contribution in [-0.2, 0) is 18.0 Å². The predicted molar refractivity (Wildman–Crippen MR) is 88.7 cm³/mol. The lowest BCUT2D eigenvalue weighted by atomic mass is 10.3. The van der Waals surface area contributed by atoms with E-state index in [9.17, 15) is 0 Å². The Labute approximate surface area is 140 Å². The molecule has 0 aromatic carbocycles. The van der Waals surface area contributed by atoms with E-state index in [1.54, 1.807) is 25.8 Å². The van der Waals surface area contributed by atoms with E-state index < -0.39 is 0 Å². The van der Waals surface area contributed by atoms with Crippen LogP contribution in [0.3, 0.4) is 0 Å². The summed E-state index contributed by atoms with van der Waals surface area (Å²) in [5.41, 5.74) is 0. The number of methoxy groups -OCH3 is 1. The third kappa shape index (κ3) is 3.92. The van der Waals surface area contributed by atoms with Gasteiger partial charge in [0.15, 0.2) is 4.77 Å². The van der Waals surface area contributed by atoms with Gasteiger partial charge in [0.25, 0.3) is 0 Å². The minimum atomic E-state index is 0.635. The molecule has 23 heavy (non-hydrogen) atoms. The Kier molecular flexibility index (Phi) is 5.31. The molecule has 1 aliphatic rings. The molecule has 0 unspecified atom stereocenters. The SMILES string of the molecule is COCCn1cnn(CN2CCN(c3ncccn3)CC2)c1=S. The van der Waals surface area contributed by atoms with Gasteiger partial charge in [0.1, 0.15) is 6.33 Å². The van der Waals surface area contributed by atoms with Gasteiger partial charge in [0, 0.05) is 52.2 Å². The molecule has 2 aromatic rings. The molecule has 0 amide bonds.